The average molecular weight is 255 g/mol. The number of hydrogen-bond acceptors (Lipinski definition) is 3. The Labute approximate surface area is 91.4 Å². The highest BCUT2D eigenvalue weighted by Crippen LogP contribution is 2.38. The van der Waals surface area contributed by atoms with Crippen molar-refractivity contribution < 1.29 is 4.79 Å². The number of nitrogens with zero attached hydrogens (tertiary/aromatic N) is 2. The van der Waals surface area contributed by atoms with E-state index in [4.69, 9.17) is 0 Å². The van der Waals surface area contributed by atoms with Crippen molar-refractivity contribution in [3.8, 4) is 0 Å². The predicted octanol–water partition coefficient (Wildman–Crippen LogP) is 1.86. The fourth-order valence-corrected chi connectivity index (χ4v) is 2.15. The first-order chi connectivity index (χ1) is 6.65. The molecule has 0 fully saturated rings. The zero-order valence-corrected chi connectivity index (χ0v) is 9.65. The molecule has 1 atom stereocenters. The number of carbonyl (C=O) groups excluding carboxylic acids is 1. The van der Waals surface area contributed by atoms with E-state index in [-0.39, 0.29) is 6.17 Å². The second-order valence-corrected chi connectivity index (χ2v) is 4.32. The van der Waals surface area contributed by atoms with Crippen LogP contribution in [-0.4, -0.2) is 26.5 Å². The maximum absolute atomic E-state index is 10.9. The van der Waals surface area contributed by atoms with Crippen molar-refractivity contribution in [2.45, 2.75) is 6.17 Å². The molecule has 14 heavy (non-hydrogen) atoms. The lowest BCUT2D eigenvalue weighted by atomic mass is 10.2. The molecule has 74 valence electrons. The van der Waals surface area contributed by atoms with Crippen LogP contribution < -0.4 is 9.80 Å². The van der Waals surface area contributed by atoms with Gasteiger partial charge in [-0.25, -0.2) is 0 Å². The van der Waals surface area contributed by atoms with E-state index in [9.17, 15) is 4.79 Å². The van der Waals surface area contributed by atoms with E-state index in [1.54, 1.807) is 0 Å². The summed E-state index contributed by atoms with van der Waals surface area (Å²) in [5.41, 5.74) is 2.17. The first kappa shape index (κ1) is 9.52. The Kier molecular flexibility index (Phi) is 2.23. The summed E-state index contributed by atoms with van der Waals surface area (Å²) in [5.74, 6) is 0. The molecule has 1 aromatic rings. The fourth-order valence-electron chi connectivity index (χ4n) is 1.80. The van der Waals surface area contributed by atoms with Crippen LogP contribution in [-0.2, 0) is 4.79 Å². The van der Waals surface area contributed by atoms with Gasteiger partial charge >= 0.3 is 0 Å². The second kappa shape index (κ2) is 3.28. The minimum Gasteiger partial charge on any atom is -0.347 e. The van der Waals surface area contributed by atoms with Gasteiger partial charge < -0.3 is 9.80 Å². The van der Waals surface area contributed by atoms with Crippen LogP contribution in [0.15, 0.2) is 22.7 Å². The molecule has 1 aliphatic rings. The molecular weight excluding hydrogens is 244 g/mol. The quantitative estimate of drug-likeness (QED) is 0.715. The average Bonchev–Trinajstić information content (AvgIpc) is 2.39. The molecular formula is C10H11BrN2O. The summed E-state index contributed by atoms with van der Waals surface area (Å²) in [5, 5.41) is 0. The Morgan fingerprint density at radius 2 is 1.93 bits per heavy atom. The molecule has 0 saturated heterocycles. The van der Waals surface area contributed by atoms with E-state index >= 15 is 0 Å². The molecule has 0 amide bonds. The Morgan fingerprint density at radius 1 is 1.29 bits per heavy atom. The van der Waals surface area contributed by atoms with Gasteiger partial charge in [-0.1, -0.05) is 15.9 Å². The largest absolute Gasteiger partial charge is 0.347 e. The monoisotopic (exact) mass is 254 g/mol. The lowest BCUT2D eigenvalue weighted by Crippen LogP contribution is -2.40. The van der Waals surface area contributed by atoms with Crippen molar-refractivity contribution in [3.05, 3.63) is 22.7 Å². The van der Waals surface area contributed by atoms with Crippen LogP contribution in [0.3, 0.4) is 0 Å². The standard InChI is InChI=1S/C10H11BrN2O/c1-12-8-4-3-7(11)5-9(8)13(2)10(12)6-14/h3-6,10H,1-2H3. The van der Waals surface area contributed by atoms with Crippen molar-refractivity contribution in [1.82, 2.24) is 0 Å². The second-order valence-electron chi connectivity index (χ2n) is 3.40. The van der Waals surface area contributed by atoms with Crippen molar-refractivity contribution in [3.63, 3.8) is 0 Å². The minimum absolute atomic E-state index is 0.181. The Morgan fingerprint density at radius 3 is 2.57 bits per heavy atom. The van der Waals surface area contributed by atoms with Gasteiger partial charge in [0.1, 0.15) is 0 Å². The number of fused-ring (bicyclic) bond motifs is 1. The first-order valence-electron chi connectivity index (χ1n) is 4.35. The number of carbonyl (C=O) groups is 1. The Bertz CT molecular complexity index is 380. The maximum Gasteiger partial charge on any atom is 0.162 e. The third-order valence-corrected chi connectivity index (χ3v) is 3.11. The van der Waals surface area contributed by atoms with Gasteiger partial charge in [0.05, 0.1) is 11.4 Å². The van der Waals surface area contributed by atoms with Crippen molar-refractivity contribution >= 4 is 33.6 Å². The zero-order valence-electron chi connectivity index (χ0n) is 8.07. The molecule has 1 aliphatic heterocycles. The summed E-state index contributed by atoms with van der Waals surface area (Å²) >= 11 is 3.42. The van der Waals surface area contributed by atoms with E-state index in [0.717, 1.165) is 22.1 Å². The number of halogens is 1. The van der Waals surface area contributed by atoms with Gasteiger partial charge in [0.15, 0.2) is 12.5 Å². The van der Waals surface area contributed by atoms with Gasteiger partial charge in [-0.05, 0) is 18.2 Å². The summed E-state index contributed by atoms with van der Waals surface area (Å²) < 4.78 is 1.03. The molecule has 1 aromatic carbocycles. The third kappa shape index (κ3) is 1.21. The Hall–Kier alpha value is -1.03. The number of rotatable bonds is 1. The first-order valence-corrected chi connectivity index (χ1v) is 5.15. The van der Waals surface area contributed by atoms with E-state index < -0.39 is 0 Å². The summed E-state index contributed by atoms with van der Waals surface area (Å²) in [6, 6.07) is 6.02. The lowest BCUT2D eigenvalue weighted by molar-refractivity contribution is -0.108. The molecule has 0 saturated carbocycles. The molecule has 4 heteroatoms. The summed E-state index contributed by atoms with van der Waals surface area (Å²) in [6.07, 6.45) is 0.771. The number of anilines is 2. The molecule has 0 radical (unpaired) electrons. The Balaban J connectivity index is 2.52. The van der Waals surface area contributed by atoms with Crippen LogP contribution in [0, 0.1) is 0 Å². The van der Waals surface area contributed by atoms with Crippen LogP contribution in [0.25, 0.3) is 0 Å². The minimum atomic E-state index is -0.181. The van der Waals surface area contributed by atoms with Crippen molar-refractivity contribution in [1.29, 1.82) is 0 Å². The SMILES string of the molecule is CN1c2ccc(Br)cc2N(C)C1C=O. The van der Waals surface area contributed by atoms with Gasteiger partial charge in [0.25, 0.3) is 0 Å². The molecule has 1 heterocycles. The lowest BCUT2D eigenvalue weighted by Gasteiger charge is -2.21. The van der Waals surface area contributed by atoms with Gasteiger partial charge in [-0.2, -0.15) is 0 Å². The molecule has 0 N–H and O–H groups in total. The zero-order chi connectivity index (χ0) is 10.3. The highest BCUT2D eigenvalue weighted by Gasteiger charge is 2.30. The smallest absolute Gasteiger partial charge is 0.162 e. The summed E-state index contributed by atoms with van der Waals surface area (Å²) in [4.78, 5) is 14.8. The highest BCUT2D eigenvalue weighted by molar-refractivity contribution is 9.10. The highest BCUT2D eigenvalue weighted by atomic mass is 79.9. The topological polar surface area (TPSA) is 23.6 Å². The van der Waals surface area contributed by atoms with E-state index in [2.05, 4.69) is 15.9 Å². The van der Waals surface area contributed by atoms with Gasteiger partial charge in [-0.15, -0.1) is 0 Å². The third-order valence-electron chi connectivity index (χ3n) is 2.61. The summed E-state index contributed by atoms with van der Waals surface area (Å²) in [6.45, 7) is 0. The predicted molar refractivity (Wildman–Crippen MR) is 60.8 cm³/mol. The van der Waals surface area contributed by atoms with Crippen molar-refractivity contribution in [2.24, 2.45) is 0 Å². The summed E-state index contributed by atoms with van der Waals surface area (Å²) in [7, 11) is 3.85. The molecule has 0 aromatic heterocycles. The molecule has 0 bridgehead atoms. The van der Waals surface area contributed by atoms with Gasteiger partial charge in [-0.3, -0.25) is 4.79 Å². The number of benzene rings is 1. The molecule has 2 rings (SSSR count). The van der Waals surface area contributed by atoms with Crippen LogP contribution in [0.5, 0.6) is 0 Å². The number of likely N-dealkylation sites (N-methyl/N-ethyl adjacent to an activating group) is 2. The number of hydrogen-bond donors (Lipinski definition) is 0. The van der Waals surface area contributed by atoms with Crippen LogP contribution in [0.2, 0.25) is 0 Å². The molecule has 0 aliphatic carbocycles. The van der Waals surface area contributed by atoms with Crippen LogP contribution in [0.4, 0.5) is 11.4 Å². The maximum atomic E-state index is 10.9. The molecule has 1 unspecified atom stereocenters. The van der Waals surface area contributed by atoms with E-state index in [0.29, 0.717) is 0 Å². The van der Waals surface area contributed by atoms with Crippen LogP contribution >= 0.6 is 15.9 Å². The molecule has 3 nitrogen and oxygen atoms in total. The van der Waals surface area contributed by atoms with Crippen molar-refractivity contribution in [2.75, 3.05) is 23.9 Å². The normalized spacial score (nSPS) is 19.8. The van der Waals surface area contributed by atoms with Gasteiger partial charge in [0.2, 0.25) is 0 Å². The number of aldehydes is 1. The van der Waals surface area contributed by atoms with E-state index in [1.807, 2.05) is 42.1 Å². The fraction of sp³-hybridized carbons (Fsp3) is 0.300. The van der Waals surface area contributed by atoms with Crippen LogP contribution in [0.1, 0.15) is 0 Å². The van der Waals surface area contributed by atoms with E-state index in [1.165, 1.54) is 0 Å². The van der Waals surface area contributed by atoms with Gasteiger partial charge in [0, 0.05) is 18.6 Å². The molecule has 0 spiro atoms.